The molecule has 8 heteroatoms. The van der Waals surface area contributed by atoms with Crippen LogP contribution in [0, 0.1) is 0 Å². The summed E-state index contributed by atoms with van der Waals surface area (Å²) in [6.45, 7) is -0.159. The van der Waals surface area contributed by atoms with Gasteiger partial charge in [-0.05, 0) is 31.0 Å². The second-order valence-corrected chi connectivity index (χ2v) is 6.44. The zero-order valence-corrected chi connectivity index (χ0v) is 14.2. The van der Waals surface area contributed by atoms with Crippen molar-refractivity contribution in [3.8, 4) is 11.1 Å². The summed E-state index contributed by atoms with van der Waals surface area (Å²) >= 11 is 0. The van der Waals surface area contributed by atoms with Gasteiger partial charge >= 0.3 is 6.03 Å². The van der Waals surface area contributed by atoms with Gasteiger partial charge in [-0.2, -0.15) is 5.10 Å². The molecular formula is C18H20N6O2. The molecule has 3 aromatic rings. The van der Waals surface area contributed by atoms with Gasteiger partial charge in [0.15, 0.2) is 0 Å². The number of carbonyl (C=O) groups excluding carboxylic acids is 1. The molecular weight excluding hydrogens is 332 g/mol. The third-order valence-electron chi connectivity index (χ3n) is 4.65. The fourth-order valence-electron chi connectivity index (χ4n) is 3.32. The number of anilines is 1. The number of hydrogen-bond donors (Lipinski definition) is 4. The Bertz CT molecular complexity index is 932. The van der Waals surface area contributed by atoms with Crippen LogP contribution in [0.5, 0.6) is 0 Å². The second kappa shape index (κ2) is 7.09. The molecule has 134 valence electrons. The Hall–Kier alpha value is -3.00. The van der Waals surface area contributed by atoms with Crippen LogP contribution < -0.4 is 10.6 Å². The number of urea groups is 1. The van der Waals surface area contributed by atoms with Gasteiger partial charge < -0.3 is 10.4 Å². The minimum atomic E-state index is -0.231. The highest BCUT2D eigenvalue weighted by Gasteiger charge is 2.17. The van der Waals surface area contributed by atoms with Crippen molar-refractivity contribution in [2.45, 2.75) is 38.3 Å². The Morgan fingerprint density at radius 2 is 2.12 bits per heavy atom. The van der Waals surface area contributed by atoms with Crippen molar-refractivity contribution < 1.29 is 9.90 Å². The van der Waals surface area contributed by atoms with Crippen LogP contribution >= 0.6 is 0 Å². The van der Waals surface area contributed by atoms with Gasteiger partial charge in [0.05, 0.1) is 23.3 Å². The van der Waals surface area contributed by atoms with Crippen molar-refractivity contribution >= 4 is 22.9 Å². The third-order valence-corrected chi connectivity index (χ3v) is 4.65. The van der Waals surface area contributed by atoms with E-state index in [1.54, 1.807) is 18.5 Å². The molecule has 4 rings (SSSR count). The topological polar surface area (TPSA) is 116 Å². The van der Waals surface area contributed by atoms with Crippen molar-refractivity contribution in [1.29, 1.82) is 0 Å². The van der Waals surface area contributed by atoms with E-state index in [-0.39, 0.29) is 18.7 Å². The number of hydrogen-bond acceptors (Lipinski definition) is 5. The van der Waals surface area contributed by atoms with E-state index in [1.165, 1.54) is 0 Å². The summed E-state index contributed by atoms with van der Waals surface area (Å²) in [5.74, 6) is 0.474. The van der Waals surface area contributed by atoms with E-state index in [2.05, 4.69) is 30.8 Å². The molecule has 26 heavy (non-hydrogen) atoms. The van der Waals surface area contributed by atoms with E-state index in [0.717, 1.165) is 42.3 Å². The Morgan fingerprint density at radius 3 is 2.92 bits per heavy atom. The van der Waals surface area contributed by atoms with E-state index in [9.17, 15) is 9.90 Å². The number of aromatic amines is 1. The number of nitrogens with one attached hydrogen (secondary N) is 3. The van der Waals surface area contributed by atoms with Gasteiger partial charge in [-0.15, -0.1) is 0 Å². The summed E-state index contributed by atoms with van der Waals surface area (Å²) < 4.78 is 0. The molecule has 1 aliphatic rings. The van der Waals surface area contributed by atoms with Crippen LogP contribution in [0.1, 0.15) is 31.4 Å². The van der Waals surface area contributed by atoms with Crippen molar-refractivity contribution in [2.75, 3.05) is 5.32 Å². The number of aliphatic hydroxyl groups excluding tert-OH is 1. The van der Waals surface area contributed by atoms with Crippen LogP contribution in [0.2, 0.25) is 0 Å². The Balaban J connectivity index is 1.56. The largest absolute Gasteiger partial charge is 0.390 e. The average molecular weight is 352 g/mol. The number of carbonyl (C=O) groups is 1. The minimum absolute atomic E-state index is 0.159. The fourth-order valence-corrected chi connectivity index (χ4v) is 3.32. The van der Waals surface area contributed by atoms with Gasteiger partial charge in [-0.3, -0.25) is 15.4 Å². The van der Waals surface area contributed by atoms with Crippen LogP contribution in [-0.4, -0.2) is 37.3 Å². The number of H-pyrrole nitrogens is 1. The highest BCUT2D eigenvalue weighted by Crippen LogP contribution is 2.25. The molecule has 0 radical (unpaired) electrons. The number of fused-ring (bicyclic) bond motifs is 1. The van der Waals surface area contributed by atoms with E-state index in [4.69, 9.17) is 0 Å². The normalized spacial score (nSPS) is 14.7. The molecule has 0 bridgehead atoms. The number of aliphatic hydroxyl groups is 1. The summed E-state index contributed by atoms with van der Waals surface area (Å²) in [5, 5.41) is 21.9. The van der Waals surface area contributed by atoms with E-state index >= 15 is 0 Å². The molecule has 0 unspecified atom stereocenters. The Labute approximate surface area is 150 Å². The molecule has 0 aromatic carbocycles. The quantitative estimate of drug-likeness (QED) is 0.576. The molecule has 0 aliphatic heterocycles. The number of nitrogens with zero attached hydrogens (tertiary/aromatic N) is 3. The lowest BCUT2D eigenvalue weighted by Crippen LogP contribution is -2.36. The summed E-state index contributed by atoms with van der Waals surface area (Å²) in [4.78, 5) is 21.0. The van der Waals surface area contributed by atoms with E-state index in [0.29, 0.717) is 17.0 Å². The number of pyridine rings is 2. The standard InChI is InChI=1S/C18H20N6O2/c25-10-16-13(9-20-24-16)11-7-15-14(19-8-11)5-6-17(22-15)23-18(26)21-12-3-1-2-4-12/h5-9,12,25H,1-4,10H2,(H,20,24)(H2,21,22,23,26). The summed E-state index contributed by atoms with van der Waals surface area (Å²) in [7, 11) is 0. The van der Waals surface area contributed by atoms with Crippen LogP contribution in [-0.2, 0) is 6.61 Å². The van der Waals surface area contributed by atoms with Crippen LogP contribution in [0.4, 0.5) is 10.6 Å². The predicted molar refractivity (Wildman–Crippen MR) is 97.5 cm³/mol. The Kier molecular flexibility index (Phi) is 4.49. The van der Waals surface area contributed by atoms with Crippen molar-refractivity contribution in [1.82, 2.24) is 25.5 Å². The van der Waals surface area contributed by atoms with Crippen molar-refractivity contribution in [3.63, 3.8) is 0 Å². The molecule has 8 nitrogen and oxygen atoms in total. The molecule has 0 atom stereocenters. The molecule has 2 amide bonds. The SMILES string of the molecule is O=C(Nc1ccc2ncc(-c3c[nH]nc3CO)cc2n1)NC1CCCC1. The summed E-state index contributed by atoms with van der Waals surface area (Å²) in [6.07, 6.45) is 7.82. The molecule has 3 heterocycles. The fraction of sp³-hybridized carbons (Fsp3) is 0.333. The van der Waals surface area contributed by atoms with Gasteiger partial charge in [0.2, 0.25) is 0 Å². The summed E-state index contributed by atoms with van der Waals surface area (Å²) in [6, 6.07) is 5.44. The first kappa shape index (κ1) is 16.5. The van der Waals surface area contributed by atoms with Gasteiger partial charge in [0.25, 0.3) is 0 Å². The van der Waals surface area contributed by atoms with E-state index < -0.39 is 0 Å². The van der Waals surface area contributed by atoms with Crippen molar-refractivity contribution in [3.05, 3.63) is 36.3 Å². The zero-order valence-electron chi connectivity index (χ0n) is 14.2. The van der Waals surface area contributed by atoms with Gasteiger partial charge in [-0.25, -0.2) is 9.78 Å². The first-order chi connectivity index (χ1) is 12.7. The highest BCUT2D eigenvalue weighted by atomic mass is 16.3. The maximum Gasteiger partial charge on any atom is 0.320 e. The van der Waals surface area contributed by atoms with E-state index in [1.807, 2.05) is 12.1 Å². The van der Waals surface area contributed by atoms with Gasteiger partial charge in [-0.1, -0.05) is 12.8 Å². The first-order valence-corrected chi connectivity index (χ1v) is 8.71. The molecule has 0 spiro atoms. The monoisotopic (exact) mass is 352 g/mol. The van der Waals surface area contributed by atoms with Crippen LogP contribution in [0.25, 0.3) is 22.2 Å². The highest BCUT2D eigenvalue weighted by molar-refractivity contribution is 5.90. The maximum absolute atomic E-state index is 12.1. The van der Waals surface area contributed by atoms with Crippen LogP contribution in [0.15, 0.2) is 30.6 Å². The number of aromatic nitrogens is 4. The molecule has 4 N–H and O–H groups in total. The second-order valence-electron chi connectivity index (χ2n) is 6.44. The lowest BCUT2D eigenvalue weighted by atomic mass is 10.1. The molecule has 0 saturated heterocycles. The zero-order chi connectivity index (χ0) is 17.9. The number of rotatable bonds is 4. The molecule has 1 fully saturated rings. The van der Waals surface area contributed by atoms with Crippen molar-refractivity contribution in [2.24, 2.45) is 0 Å². The smallest absolute Gasteiger partial charge is 0.320 e. The number of amides is 2. The average Bonchev–Trinajstić information content (AvgIpc) is 3.32. The third kappa shape index (κ3) is 3.36. The predicted octanol–water partition coefficient (Wildman–Crippen LogP) is 2.58. The molecule has 1 aliphatic carbocycles. The lowest BCUT2D eigenvalue weighted by Gasteiger charge is -2.12. The van der Waals surface area contributed by atoms with Gasteiger partial charge in [0.1, 0.15) is 5.82 Å². The molecule has 3 aromatic heterocycles. The van der Waals surface area contributed by atoms with Crippen LogP contribution in [0.3, 0.4) is 0 Å². The summed E-state index contributed by atoms with van der Waals surface area (Å²) in [5.41, 5.74) is 3.52. The van der Waals surface area contributed by atoms with Gasteiger partial charge in [0, 0.05) is 29.6 Å². The Morgan fingerprint density at radius 1 is 1.27 bits per heavy atom. The lowest BCUT2D eigenvalue weighted by molar-refractivity contribution is 0.248. The maximum atomic E-state index is 12.1. The minimum Gasteiger partial charge on any atom is -0.390 e. The molecule has 1 saturated carbocycles. The first-order valence-electron chi connectivity index (χ1n) is 8.71.